The van der Waals surface area contributed by atoms with E-state index in [2.05, 4.69) is 5.32 Å². The second-order valence-electron chi connectivity index (χ2n) is 4.64. The number of methoxy groups -OCH3 is 2. The molecule has 1 N–H and O–H groups in total. The molecule has 3 nitrogen and oxygen atoms in total. The molecule has 0 heterocycles. The van der Waals surface area contributed by atoms with Crippen LogP contribution in [0, 0.1) is 0 Å². The molecular formula is C14H20F3NO2. The van der Waals surface area contributed by atoms with Crippen LogP contribution in [-0.4, -0.2) is 26.6 Å². The van der Waals surface area contributed by atoms with Gasteiger partial charge in [0, 0.05) is 20.3 Å². The number of rotatable bonds is 6. The Bertz CT molecular complexity index is 402. The van der Waals surface area contributed by atoms with Gasteiger partial charge in [0.15, 0.2) is 6.29 Å². The zero-order valence-corrected chi connectivity index (χ0v) is 12.0. The van der Waals surface area contributed by atoms with Crippen LogP contribution in [0.3, 0.4) is 0 Å². The summed E-state index contributed by atoms with van der Waals surface area (Å²) in [5.74, 6) is 0. The lowest BCUT2D eigenvalue weighted by Gasteiger charge is -2.26. The zero-order valence-electron chi connectivity index (χ0n) is 12.0. The van der Waals surface area contributed by atoms with Gasteiger partial charge in [0.25, 0.3) is 0 Å². The second kappa shape index (κ2) is 7.06. The molecule has 114 valence electrons. The van der Waals surface area contributed by atoms with Gasteiger partial charge < -0.3 is 14.8 Å². The number of hydrogen-bond donors (Lipinski definition) is 1. The van der Waals surface area contributed by atoms with Crippen LogP contribution in [-0.2, 0) is 15.7 Å². The van der Waals surface area contributed by atoms with Crippen molar-refractivity contribution in [3.8, 4) is 0 Å². The minimum atomic E-state index is -4.31. The van der Waals surface area contributed by atoms with Gasteiger partial charge in [-0.1, -0.05) is 12.1 Å². The molecule has 20 heavy (non-hydrogen) atoms. The van der Waals surface area contributed by atoms with Crippen molar-refractivity contribution < 1.29 is 22.6 Å². The summed E-state index contributed by atoms with van der Waals surface area (Å²) in [6.45, 7) is 3.76. The summed E-state index contributed by atoms with van der Waals surface area (Å²) in [4.78, 5) is 0. The fourth-order valence-electron chi connectivity index (χ4n) is 2.03. The molecule has 2 atom stereocenters. The van der Waals surface area contributed by atoms with Gasteiger partial charge in [-0.05, 0) is 31.5 Å². The first-order valence-corrected chi connectivity index (χ1v) is 6.28. The maximum atomic E-state index is 12.5. The molecule has 6 heteroatoms. The molecule has 0 bridgehead atoms. The quantitative estimate of drug-likeness (QED) is 0.815. The van der Waals surface area contributed by atoms with Crippen molar-refractivity contribution >= 4 is 0 Å². The van der Waals surface area contributed by atoms with E-state index in [1.165, 1.54) is 26.4 Å². The Morgan fingerprint density at radius 2 is 1.50 bits per heavy atom. The molecule has 0 radical (unpaired) electrons. The first kappa shape index (κ1) is 16.9. The molecule has 0 aliphatic rings. The van der Waals surface area contributed by atoms with Crippen molar-refractivity contribution in [2.45, 2.75) is 38.4 Å². The predicted octanol–water partition coefficient (Wildman–Crippen LogP) is 3.36. The number of ether oxygens (including phenoxy) is 2. The Hall–Kier alpha value is -1.11. The fraction of sp³-hybridized carbons (Fsp3) is 0.571. The highest BCUT2D eigenvalue weighted by atomic mass is 19.4. The molecule has 1 aromatic carbocycles. The van der Waals surface area contributed by atoms with E-state index in [-0.39, 0.29) is 12.1 Å². The molecular weight excluding hydrogens is 271 g/mol. The van der Waals surface area contributed by atoms with Crippen LogP contribution in [0.2, 0.25) is 0 Å². The van der Waals surface area contributed by atoms with Gasteiger partial charge in [-0.25, -0.2) is 0 Å². The van der Waals surface area contributed by atoms with Gasteiger partial charge in [-0.2, -0.15) is 13.2 Å². The topological polar surface area (TPSA) is 30.5 Å². The fourth-order valence-corrected chi connectivity index (χ4v) is 2.03. The van der Waals surface area contributed by atoms with E-state index in [1.807, 2.05) is 13.8 Å². The van der Waals surface area contributed by atoms with E-state index in [1.54, 1.807) is 0 Å². The second-order valence-corrected chi connectivity index (χ2v) is 4.64. The van der Waals surface area contributed by atoms with Crippen LogP contribution in [0.25, 0.3) is 0 Å². The molecule has 0 fully saturated rings. The van der Waals surface area contributed by atoms with Crippen molar-refractivity contribution in [1.82, 2.24) is 5.32 Å². The standard InChI is InChI=1S/C14H20F3NO2/c1-9(18-10(2)13(19-3)20-4)11-5-7-12(8-6-11)14(15,16)17/h5-10,13,18H,1-4H3. The SMILES string of the molecule is COC(OC)C(C)NC(C)c1ccc(C(F)(F)F)cc1. The van der Waals surface area contributed by atoms with Gasteiger partial charge in [0.2, 0.25) is 0 Å². The third kappa shape index (κ3) is 4.47. The van der Waals surface area contributed by atoms with Crippen LogP contribution in [0.5, 0.6) is 0 Å². The van der Waals surface area contributed by atoms with Crippen molar-refractivity contribution in [2.24, 2.45) is 0 Å². The summed E-state index contributed by atoms with van der Waals surface area (Å²) >= 11 is 0. The summed E-state index contributed by atoms with van der Waals surface area (Å²) in [6.07, 6.45) is -4.72. The maximum Gasteiger partial charge on any atom is 0.416 e. The highest BCUT2D eigenvalue weighted by Crippen LogP contribution is 2.29. The van der Waals surface area contributed by atoms with Crippen molar-refractivity contribution in [1.29, 1.82) is 0 Å². The Balaban J connectivity index is 2.71. The Morgan fingerprint density at radius 1 is 1.00 bits per heavy atom. The zero-order chi connectivity index (χ0) is 15.3. The monoisotopic (exact) mass is 291 g/mol. The smallest absolute Gasteiger partial charge is 0.354 e. The van der Waals surface area contributed by atoms with Gasteiger partial charge in [0.1, 0.15) is 0 Å². The number of halogens is 3. The summed E-state index contributed by atoms with van der Waals surface area (Å²) < 4.78 is 47.7. The lowest BCUT2D eigenvalue weighted by Crippen LogP contribution is -2.40. The van der Waals surface area contributed by atoms with E-state index in [0.29, 0.717) is 0 Å². The van der Waals surface area contributed by atoms with Gasteiger partial charge in [-0.15, -0.1) is 0 Å². The van der Waals surface area contributed by atoms with E-state index >= 15 is 0 Å². The van der Waals surface area contributed by atoms with Crippen molar-refractivity contribution in [3.05, 3.63) is 35.4 Å². The van der Waals surface area contributed by atoms with Crippen LogP contribution in [0.1, 0.15) is 31.0 Å². The Morgan fingerprint density at radius 3 is 1.90 bits per heavy atom. The van der Waals surface area contributed by atoms with E-state index in [9.17, 15) is 13.2 Å². The lowest BCUT2D eigenvalue weighted by molar-refractivity contribution is -0.137. The lowest BCUT2D eigenvalue weighted by atomic mass is 10.0. The Kier molecular flexibility index (Phi) is 5.98. The first-order valence-electron chi connectivity index (χ1n) is 6.28. The average molecular weight is 291 g/mol. The number of hydrogen-bond acceptors (Lipinski definition) is 3. The van der Waals surface area contributed by atoms with Crippen LogP contribution >= 0.6 is 0 Å². The molecule has 0 saturated heterocycles. The number of nitrogens with one attached hydrogen (secondary N) is 1. The normalized spacial score (nSPS) is 15.4. The molecule has 0 aliphatic heterocycles. The minimum absolute atomic E-state index is 0.0951. The van der Waals surface area contributed by atoms with Crippen molar-refractivity contribution in [2.75, 3.05) is 14.2 Å². The number of benzene rings is 1. The highest BCUT2D eigenvalue weighted by molar-refractivity contribution is 5.26. The summed E-state index contributed by atoms with van der Waals surface area (Å²) in [5.41, 5.74) is 0.129. The first-order chi connectivity index (χ1) is 9.29. The molecule has 1 rings (SSSR count). The van der Waals surface area contributed by atoms with E-state index in [0.717, 1.165) is 17.7 Å². The van der Waals surface area contributed by atoms with Crippen LogP contribution < -0.4 is 5.32 Å². The molecule has 0 amide bonds. The summed E-state index contributed by atoms with van der Waals surface area (Å²) in [6, 6.07) is 4.91. The number of alkyl halides is 3. The van der Waals surface area contributed by atoms with E-state index in [4.69, 9.17) is 9.47 Å². The highest BCUT2D eigenvalue weighted by Gasteiger charge is 2.30. The third-order valence-corrected chi connectivity index (χ3v) is 3.12. The molecule has 1 aromatic rings. The summed E-state index contributed by atoms with van der Waals surface area (Å²) in [7, 11) is 3.07. The summed E-state index contributed by atoms with van der Waals surface area (Å²) in [5, 5.41) is 3.23. The largest absolute Gasteiger partial charge is 0.416 e. The van der Waals surface area contributed by atoms with E-state index < -0.39 is 18.0 Å². The minimum Gasteiger partial charge on any atom is -0.354 e. The average Bonchev–Trinajstić information content (AvgIpc) is 2.39. The van der Waals surface area contributed by atoms with Gasteiger partial charge >= 0.3 is 6.18 Å². The maximum absolute atomic E-state index is 12.5. The van der Waals surface area contributed by atoms with Gasteiger partial charge in [-0.3, -0.25) is 0 Å². The van der Waals surface area contributed by atoms with Crippen LogP contribution in [0.4, 0.5) is 13.2 Å². The molecule has 0 spiro atoms. The third-order valence-electron chi connectivity index (χ3n) is 3.12. The Labute approximate surface area is 117 Å². The molecule has 0 aromatic heterocycles. The molecule has 0 saturated carbocycles. The predicted molar refractivity (Wildman–Crippen MR) is 70.3 cm³/mol. The van der Waals surface area contributed by atoms with Crippen molar-refractivity contribution in [3.63, 3.8) is 0 Å². The molecule has 2 unspecified atom stereocenters. The van der Waals surface area contributed by atoms with Gasteiger partial charge in [0.05, 0.1) is 11.6 Å². The van der Waals surface area contributed by atoms with Crippen LogP contribution in [0.15, 0.2) is 24.3 Å². The molecule has 0 aliphatic carbocycles.